The number of hydrogen-bond donors (Lipinski definition) is 1. The van der Waals surface area contributed by atoms with Gasteiger partial charge >= 0.3 is 12.1 Å². The molecule has 152 valence electrons. The van der Waals surface area contributed by atoms with Gasteiger partial charge in [-0.1, -0.05) is 23.5 Å². The van der Waals surface area contributed by atoms with Crippen LogP contribution in [0.15, 0.2) is 43.0 Å². The van der Waals surface area contributed by atoms with E-state index in [0.717, 1.165) is 22.6 Å². The summed E-state index contributed by atoms with van der Waals surface area (Å²) in [5.74, 6) is -0.490. The highest BCUT2D eigenvalue weighted by Gasteiger charge is 2.21. The molecule has 0 saturated heterocycles. The first-order valence-corrected chi connectivity index (χ1v) is 9.75. The number of imidazole rings is 1. The van der Waals surface area contributed by atoms with Gasteiger partial charge < -0.3 is 14.0 Å². The molecule has 0 aliphatic heterocycles. The van der Waals surface area contributed by atoms with E-state index in [-0.39, 0.29) is 11.7 Å². The van der Waals surface area contributed by atoms with Crippen molar-refractivity contribution in [3.05, 3.63) is 59.1 Å². The van der Waals surface area contributed by atoms with E-state index in [2.05, 4.69) is 15.3 Å². The second kappa shape index (κ2) is 8.44. The third kappa shape index (κ3) is 5.64. The van der Waals surface area contributed by atoms with Crippen molar-refractivity contribution in [2.75, 3.05) is 5.32 Å². The number of carbonyl (C=O) groups is 2. The maximum Gasteiger partial charge on any atom is 0.413 e. The molecule has 2 heterocycles. The first-order chi connectivity index (χ1) is 13.7. The van der Waals surface area contributed by atoms with Crippen molar-refractivity contribution in [1.82, 2.24) is 14.5 Å². The molecule has 0 aliphatic carbocycles. The molecule has 2 aromatic heterocycles. The van der Waals surface area contributed by atoms with E-state index in [1.54, 1.807) is 40.2 Å². The summed E-state index contributed by atoms with van der Waals surface area (Å²) in [6.45, 7) is 7.13. The summed E-state index contributed by atoms with van der Waals surface area (Å²) < 4.78 is 12.5. The number of aryl methyl sites for hydroxylation is 1. The number of amides is 1. The standard InChI is InChI=1S/C20H22N4O4S/c1-13-16(29-18(22-13)23-19(26)28-20(2,3)4)17(25)27-11-14-5-7-15(8-6-14)24-10-9-21-12-24/h5-10,12H,11H2,1-4H3,(H,22,23,26). The van der Waals surface area contributed by atoms with Gasteiger partial charge in [-0.05, 0) is 45.4 Å². The van der Waals surface area contributed by atoms with Gasteiger partial charge in [0.1, 0.15) is 17.1 Å². The molecule has 9 heteroatoms. The largest absolute Gasteiger partial charge is 0.457 e. The Morgan fingerprint density at radius 2 is 1.93 bits per heavy atom. The van der Waals surface area contributed by atoms with E-state index in [4.69, 9.17) is 9.47 Å². The predicted molar refractivity (Wildman–Crippen MR) is 109 cm³/mol. The molecule has 0 saturated carbocycles. The van der Waals surface area contributed by atoms with E-state index in [9.17, 15) is 9.59 Å². The predicted octanol–water partition coefficient (Wildman–Crippen LogP) is 4.34. The molecule has 29 heavy (non-hydrogen) atoms. The molecule has 0 atom stereocenters. The van der Waals surface area contributed by atoms with Crippen molar-refractivity contribution >= 4 is 28.5 Å². The molecular weight excluding hydrogens is 392 g/mol. The quantitative estimate of drug-likeness (QED) is 0.624. The van der Waals surface area contributed by atoms with Crippen LogP contribution in [0.3, 0.4) is 0 Å². The van der Waals surface area contributed by atoms with Crippen LogP contribution >= 0.6 is 11.3 Å². The molecule has 0 bridgehead atoms. The summed E-state index contributed by atoms with van der Waals surface area (Å²) in [6.07, 6.45) is 4.65. The number of thiazole rings is 1. The number of aromatic nitrogens is 3. The van der Waals surface area contributed by atoms with E-state index in [1.165, 1.54) is 0 Å². The number of carbonyl (C=O) groups excluding carboxylic acids is 2. The smallest absolute Gasteiger partial charge is 0.413 e. The first kappa shape index (κ1) is 20.5. The van der Waals surface area contributed by atoms with Crippen molar-refractivity contribution < 1.29 is 19.1 Å². The Kier molecular flexibility index (Phi) is 5.97. The molecule has 8 nitrogen and oxygen atoms in total. The molecule has 1 amide bonds. The minimum Gasteiger partial charge on any atom is -0.457 e. The maximum absolute atomic E-state index is 12.4. The molecule has 0 unspecified atom stereocenters. The number of ether oxygens (including phenoxy) is 2. The molecule has 0 aliphatic rings. The lowest BCUT2D eigenvalue weighted by atomic mass is 10.2. The highest BCUT2D eigenvalue weighted by Crippen LogP contribution is 2.24. The minimum atomic E-state index is -0.621. The van der Waals surface area contributed by atoms with Crippen molar-refractivity contribution in [2.45, 2.75) is 39.9 Å². The molecular formula is C20H22N4O4S. The van der Waals surface area contributed by atoms with Crippen LogP contribution < -0.4 is 5.32 Å². The van der Waals surface area contributed by atoms with Gasteiger partial charge in [0, 0.05) is 18.1 Å². The van der Waals surface area contributed by atoms with E-state index < -0.39 is 17.7 Å². The summed E-state index contributed by atoms with van der Waals surface area (Å²) in [4.78, 5) is 32.8. The van der Waals surface area contributed by atoms with Gasteiger partial charge in [-0.3, -0.25) is 5.32 Å². The van der Waals surface area contributed by atoms with Crippen molar-refractivity contribution in [1.29, 1.82) is 0 Å². The van der Waals surface area contributed by atoms with Gasteiger partial charge in [0.25, 0.3) is 0 Å². The highest BCUT2D eigenvalue weighted by atomic mass is 32.1. The lowest BCUT2D eigenvalue weighted by Gasteiger charge is -2.18. The fraction of sp³-hybridized carbons (Fsp3) is 0.300. The summed E-state index contributed by atoms with van der Waals surface area (Å²) in [5, 5.41) is 2.82. The summed E-state index contributed by atoms with van der Waals surface area (Å²) >= 11 is 1.05. The SMILES string of the molecule is Cc1nc(NC(=O)OC(C)(C)C)sc1C(=O)OCc1ccc(-n2ccnc2)cc1. The number of nitrogens with one attached hydrogen (secondary N) is 1. The topological polar surface area (TPSA) is 95.3 Å². The minimum absolute atomic E-state index is 0.134. The molecule has 3 aromatic rings. The number of rotatable bonds is 5. The highest BCUT2D eigenvalue weighted by molar-refractivity contribution is 7.17. The van der Waals surface area contributed by atoms with Crippen LogP contribution in [0.4, 0.5) is 9.93 Å². The lowest BCUT2D eigenvalue weighted by molar-refractivity contribution is 0.0477. The first-order valence-electron chi connectivity index (χ1n) is 8.93. The second-order valence-electron chi connectivity index (χ2n) is 7.27. The number of hydrogen-bond acceptors (Lipinski definition) is 7. The van der Waals surface area contributed by atoms with Crippen molar-refractivity contribution in [3.8, 4) is 5.69 Å². The normalized spacial score (nSPS) is 11.2. The average Bonchev–Trinajstić information content (AvgIpc) is 3.28. The summed E-state index contributed by atoms with van der Waals surface area (Å²) in [5.41, 5.74) is 1.69. The average molecular weight is 414 g/mol. The fourth-order valence-corrected chi connectivity index (χ4v) is 3.27. The molecule has 0 spiro atoms. The Labute approximate surface area is 172 Å². The Bertz CT molecular complexity index is 989. The number of anilines is 1. The van der Waals surface area contributed by atoms with Gasteiger partial charge in [0.2, 0.25) is 0 Å². The fourth-order valence-electron chi connectivity index (χ4n) is 2.42. The summed E-state index contributed by atoms with van der Waals surface area (Å²) in [7, 11) is 0. The number of esters is 1. The van der Waals surface area contributed by atoms with Crippen molar-refractivity contribution in [3.63, 3.8) is 0 Å². The van der Waals surface area contributed by atoms with Crippen LogP contribution in [0.5, 0.6) is 0 Å². The Balaban J connectivity index is 1.58. The van der Waals surface area contributed by atoms with Crippen LogP contribution in [0.1, 0.15) is 41.7 Å². The van der Waals surface area contributed by atoms with E-state index in [1.807, 2.05) is 35.0 Å². The summed E-state index contributed by atoms with van der Waals surface area (Å²) in [6, 6.07) is 7.62. The Morgan fingerprint density at radius 3 is 2.55 bits per heavy atom. The van der Waals surface area contributed by atoms with Gasteiger partial charge in [0.15, 0.2) is 5.13 Å². The lowest BCUT2D eigenvalue weighted by Crippen LogP contribution is -2.27. The third-order valence-corrected chi connectivity index (χ3v) is 4.75. The molecule has 0 fully saturated rings. The van der Waals surface area contributed by atoms with Crippen LogP contribution in [-0.4, -0.2) is 32.2 Å². The Hall–Kier alpha value is -3.20. The van der Waals surface area contributed by atoms with E-state index in [0.29, 0.717) is 10.6 Å². The van der Waals surface area contributed by atoms with Gasteiger partial charge in [-0.25, -0.2) is 19.6 Å². The third-order valence-electron chi connectivity index (χ3n) is 3.70. The van der Waals surface area contributed by atoms with Crippen molar-refractivity contribution in [2.24, 2.45) is 0 Å². The zero-order valence-corrected chi connectivity index (χ0v) is 17.4. The molecule has 1 N–H and O–H groups in total. The van der Waals surface area contributed by atoms with Crippen LogP contribution in [-0.2, 0) is 16.1 Å². The Morgan fingerprint density at radius 1 is 1.21 bits per heavy atom. The van der Waals surface area contributed by atoms with Gasteiger partial charge in [-0.2, -0.15) is 0 Å². The van der Waals surface area contributed by atoms with Crippen LogP contribution in [0.2, 0.25) is 0 Å². The number of benzene rings is 1. The molecule has 3 rings (SSSR count). The van der Waals surface area contributed by atoms with Crippen LogP contribution in [0, 0.1) is 6.92 Å². The zero-order chi connectivity index (χ0) is 21.0. The van der Waals surface area contributed by atoms with Gasteiger partial charge in [0.05, 0.1) is 12.0 Å². The monoisotopic (exact) mass is 414 g/mol. The van der Waals surface area contributed by atoms with E-state index >= 15 is 0 Å². The molecule has 1 aromatic carbocycles. The van der Waals surface area contributed by atoms with Crippen LogP contribution in [0.25, 0.3) is 5.69 Å². The molecule has 0 radical (unpaired) electrons. The zero-order valence-electron chi connectivity index (χ0n) is 16.6. The number of nitrogens with zero attached hydrogens (tertiary/aromatic N) is 3. The van der Waals surface area contributed by atoms with Gasteiger partial charge in [-0.15, -0.1) is 0 Å². The second-order valence-corrected chi connectivity index (χ2v) is 8.27. The maximum atomic E-state index is 12.4.